The third kappa shape index (κ3) is 1.97. The van der Waals surface area contributed by atoms with E-state index in [2.05, 4.69) is 9.97 Å². The third-order valence-electron chi connectivity index (χ3n) is 2.54. The van der Waals surface area contributed by atoms with E-state index in [1.165, 1.54) is 0 Å². The van der Waals surface area contributed by atoms with Gasteiger partial charge in [-0.2, -0.15) is 0 Å². The van der Waals surface area contributed by atoms with Crippen LogP contribution < -0.4 is 0 Å². The molecule has 3 aromatic heterocycles. The van der Waals surface area contributed by atoms with Gasteiger partial charge in [0, 0.05) is 30.4 Å². The fourth-order valence-corrected chi connectivity index (χ4v) is 1.76. The molecule has 3 rings (SSSR count). The van der Waals surface area contributed by atoms with Gasteiger partial charge >= 0.3 is 0 Å². The minimum Gasteiger partial charge on any atom is -0.467 e. The Hall–Kier alpha value is -2.36. The SMILES string of the molecule is c1cncc(-c2nccn2Cc2ccco2)c1. The van der Waals surface area contributed by atoms with Gasteiger partial charge in [-0.25, -0.2) is 4.98 Å². The van der Waals surface area contributed by atoms with Crippen molar-refractivity contribution in [1.29, 1.82) is 0 Å². The van der Waals surface area contributed by atoms with Crippen LogP contribution in [0.5, 0.6) is 0 Å². The molecule has 0 N–H and O–H groups in total. The second-order valence-corrected chi connectivity index (χ2v) is 3.70. The molecule has 0 fully saturated rings. The standard InChI is InChI=1S/C13H11N3O/c1-3-11(9-14-5-1)13-15-6-7-16(13)10-12-4-2-8-17-12/h1-9H,10H2. The van der Waals surface area contributed by atoms with Crippen LogP contribution in [-0.4, -0.2) is 14.5 Å². The molecule has 0 radical (unpaired) electrons. The Balaban J connectivity index is 1.95. The number of furan rings is 1. The molecular formula is C13H11N3O. The monoisotopic (exact) mass is 225 g/mol. The summed E-state index contributed by atoms with van der Waals surface area (Å²) in [7, 11) is 0. The van der Waals surface area contributed by atoms with Gasteiger partial charge in [0.2, 0.25) is 0 Å². The van der Waals surface area contributed by atoms with Crippen molar-refractivity contribution in [3.05, 3.63) is 61.1 Å². The second-order valence-electron chi connectivity index (χ2n) is 3.70. The van der Waals surface area contributed by atoms with Gasteiger partial charge in [-0.05, 0) is 24.3 Å². The molecule has 0 aliphatic rings. The molecule has 0 atom stereocenters. The lowest BCUT2D eigenvalue weighted by Gasteiger charge is -2.05. The van der Waals surface area contributed by atoms with Gasteiger partial charge in [-0.15, -0.1) is 0 Å². The number of aromatic nitrogens is 3. The topological polar surface area (TPSA) is 43.9 Å². The average Bonchev–Trinajstić information content (AvgIpc) is 3.02. The molecule has 17 heavy (non-hydrogen) atoms. The first-order valence-corrected chi connectivity index (χ1v) is 5.37. The normalized spacial score (nSPS) is 10.6. The molecule has 0 aliphatic heterocycles. The smallest absolute Gasteiger partial charge is 0.141 e. The quantitative estimate of drug-likeness (QED) is 0.688. The fourth-order valence-electron chi connectivity index (χ4n) is 1.76. The predicted octanol–water partition coefficient (Wildman–Crippen LogP) is 2.59. The van der Waals surface area contributed by atoms with Crippen LogP contribution in [0.2, 0.25) is 0 Å². The summed E-state index contributed by atoms with van der Waals surface area (Å²) in [4.78, 5) is 8.45. The van der Waals surface area contributed by atoms with Crippen LogP contribution in [0.15, 0.2) is 59.7 Å². The summed E-state index contributed by atoms with van der Waals surface area (Å²) in [5.41, 5.74) is 1.00. The predicted molar refractivity (Wildman–Crippen MR) is 63.3 cm³/mol. The maximum atomic E-state index is 5.33. The fraction of sp³-hybridized carbons (Fsp3) is 0.0769. The number of pyridine rings is 1. The van der Waals surface area contributed by atoms with Crippen molar-refractivity contribution >= 4 is 0 Å². The molecule has 4 nitrogen and oxygen atoms in total. The van der Waals surface area contributed by atoms with E-state index < -0.39 is 0 Å². The van der Waals surface area contributed by atoms with Crippen molar-refractivity contribution in [1.82, 2.24) is 14.5 Å². The molecular weight excluding hydrogens is 214 g/mol. The molecule has 4 heteroatoms. The molecule has 3 heterocycles. The number of hydrogen-bond donors (Lipinski definition) is 0. The Kier molecular flexibility index (Phi) is 2.46. The van der Waals surface area contributed by atoms with Crippen molar-refractivity contribution in [2.24, 2.45) is 0 Å². The van der Waals surface area contributed by atoms with E-state index in [4.69, 9.17) is 4.42 Å². The molecule has 0 unspecified atom stereocenters. The first-order valence-electron chi connectivity index (χ1n) is 5.37. The Morgan fingerprint density at radius 1 is 1.18 bits per heavy atom. The summed E-state index contributed by atoms with van der Waals surface area (Å²) in [6.45, 7) is 0.678. The largest absolute Gasteiger partial charge is 0.467 e. The average molecular weight is 225 g/mol. The Morgan fingerprint density at radius 2 is 2.18 bits per heavy atom. The van der Waals surface area contributed by atoms with Crippen molar-refractivity contribution in [3.8, 4) is 11.4 Å². The van der Waals surface area contributed by atoms with Crippen LogP contribution in [0.1, 0.15) is 5.76 Å². The summed E-state index contributed by atoms with van der Waals surface area (Å²) in [5, 5.41) is 0. The van der Waals surface area contributed by atoms with Crippen LogP contribution in [0, 0.1) is 0 Å². The summed E-state index contributed by atoms with van der Waals surface area (Å²) in [5.74, 6) is 1.81. The van der Waals surface area contributed by atoms with Gasteiger partial charge in [-0.1, -0.05) is 0 Å². The highest BCUT2D eigenvalue weighted by molar-refractivity contribution is 5.53. The van der Waals surface area contributed by atoms with Crippen LogP contribution in [0.3, 0.4) is 0 Å². The van der Waals surface area contributed by atoms with E-state index in [-0.39, 0.29) is 0 Å². The Bertz CT molecular complexity index is 584. The van der Waals surface area contributed by atoms with E-state index >= 15 is 0 Å². The highest BCUT2D eigenvalue weighted by Gasteiger charge is 2.07. The number of nitrogens with zero attached hydrogens (tertiary/aromatic N) is 3. The lowest BCUT2D eigenvalue weighted by molar-refractivity contribution is 0.494. The molecule has 3 aromatic rings. The summed E-state index contributed by atoms with van der Waals surface area (Å²) in [6, 6.07) is 7.73. The summed E-state index contributed by atoms with van der Waals surface area (Å²) >= 11 is 0. The minimum absolute atomic E-state index is 0.678. The highest BCUT2D eigenvalue weighted by atomic mass is 16.3. The molecule has 0 saturated heterocycles. The van der Waals surface area contributed by atoms with Gasteiger partial charge in [-0.3, -0.25) is 4.98 Å². The molecule has 0 amide bonds. The molecule has 0 bridgehead atoms. The van der Waals surface area contributed by atoms with E-state index in [1.807, 2.05) is 35.0 Å². The summed E-state index contributed by atoms with van der Waals surface area (Å²) < 4.78 is 7.37. The van der Waals surface area contributed by atoms with Crippen LogP contribution in [-0.2, 0) is 6.54 Å². The number of hydrogen-bond acceptors (Lipinski definition) is 3. The maximum Gasteiger partial charge on any atom is 0.141 e. The molecule has 84 valence electrons. The molecule has 0 saturated carbocycles. The van der Waals surface area contributed by atoms with Crippen LogP contribution in [0.25, 0.3) is 11.4 Å². The van der Waals surface area contributed by atoms with Crippen molar-refractivity contribution in [2.75, 3.05) is 0 Å². The molecule has 0 aromatic carbocycles. The van der Waals surface area contributed by atoms with E-state index in [0.717, 1.165) is 17.1 Å². The van der Waals surface area contributed by atoms with Gasteiger partial charge < -0.3 is 8.98 Å². The molecule has 0 spiro atoms. The van der Waals surface area contributed by atoms with Crippen LogP contribution >= 0.6 is 0 Å². The zero-order chi connectivity index (χ0) is 11.5. The van der Waals surface area contributed by atoms with Gasteiger partial charge in [0.15, 0.2) is 0 Å². The van der Waals surface area contributed by atoms with Gasteiger partial charge in [0.1, 0.15) is 11.6 Å². The van der Waals surface area contributed by atoms with Gasteiger partial charge in [0.25, 0.3) is 0 Å². The van der Waals surface area contributed by atoms with Crippen molar-refractivity contribution in [3.63, 3.8) is 0 Å². The van der Waals surface area contributed by atoms with E-state index in [0.29, 0.717) is 6.54 Å². The maximum absolute atomic E-state index is 5.33. The van der Waals surface area contributed by atoms with E-state index in [9.17, 15) is 0 Å². The van der Waals surface area contributed by atoms with Crippen molar-refractivity contribution < 1.29 is 4.42 Å². The highest BCUT2D eigenvalue weighted by Crippen LogP contribution is 2.17. The Labute approximate surface area is 98.6 Å². The first kappa shape index (κ1) is 9.84. The zero-order valence-corrected chi connectivity index (χ0v) is 9.15. The lowest BCUT2D eigenvalue weighted by Crippen LogP contribution is -2.00. The van der Waals surface area contributed by atoms with Crippen LogP contribution in [0.4, 0.5) is 0 Å². The Morgan fingerprint density at radius 3 is 2.94 bits per heavy atom. The minimum atomic E-state index is 0.678. The summed E-state index contributed by atoms with van der Waals surface area (Å²) in [6.07, 6.45) is 8.95. The van der Waals surface area contributed by atoms with E-state index in [1.54, 1.807) is 24.9 Å². The zero-order valence-electron chi connectivity index (χ0n) is 9.15. The third-order valence-corrected chi connectivity index (χ3v) is 2.54. The molecule has 0 aliphatic carbocycles. The number of imidazole rings is 1. The lowest BCUT2D eigenvalue weighted by atomic mass is 10.2. The number of rotatable bonds is 3. The second kappa shape index (κ2) is 4.25. The van der Waals surface area contributed by atoms with Gasteiger partial charge in [0.05, 0.1) is 12.8 Å². The first-order chi connectivity index (χ1) is 8.43. The van der Waals surface area contributed by atoms with Crippen molar-refractivity contribution in [2.45, 2.75) is 6.54 Å².